The number of fused-ring (bicyclic) bond motifs is 2. The Morgan fingerprint density at radius 2 is 1.26 bits per heavy atom. The van der Waals surface area contributed by atoms with Gasteiger partial charge in [-0.25, -0.2) is 0 Å². The van der Waals surface area contributed by atoms with Gasteiger partial charge in [0, 0.05) is 11.1 Å². The average Bonchev–Trinajstić information content (AvgIpc) is 2.57. The third-order valence-corrected chi connectivity index (χ3v) is 4.74. The third-order valence-electron chi connectivity index (χ3n) is 4.13. The smallest absolute Gasteiger partial charge is 0.138 e. The lowest BCUT2D eigenvalue weighted by atomic mass is 9.92. The molecule has 3 heteroatoms. The SMILES string of the molecule is Oc1ccc2ccccc2c1-c1c(O)c(Br)cc2ccccc12. The van der Waals surface area contributed by atoms with E-state index in [1.165, 1.54) is 0 Å². The van der Waals surface area contributed by atoms with E-state index in [1.54, 1.807) is 6.07 Å². The Kier molecular flexibility index (Phi) is 3.24. The molecule has 23 heavy (non-hydrogen) atoms. The van der Waals surface area contributed by atoms with E-state index in [2.05, 4.69) is 15.9 Å². The van der Waals surface area contributed by atoms with Crippen molar-refractivity contribution in [2.24, 2.45) is 0 Å². The van der Waals surface area contributed by atoms with E-state index in [-0.39, 0.29) is 11.5 Å². The van der Waals surface area contributed by atoms with Gasteiger partial charge in [0.05, 0.1) is 4.47 Å². The molecule has 0 aromatic heterocycles. The lowest BCUT2D eigenvalue weighted by Gasteiger charge is -2.15. The number of hydrogen-bond acceptors (Lipinski definition) is 2. The molecular formula is C20H13BrO2. The Labute approximate surface area is 141 Å². The number of halogens is 1. The maximum atomic E-state index is 10.7. The molecule has 0 heterocycles. The molecule has 0 unspecified atom stereocenters. The van der Waals surface area contributed by atoms with Crippen LogP contribution in [0.5, 0.6) is 11.5 Å². The minimum absolute atomic E-state index is 0.135. The second kappa shape index (κ2) is 5.28. The Bertz CT molecular complexity index is 1050. The number of phenolic OH excluding ortho intramolecular Hbond substituents is 2. The zero-order chi connectivity index (χ0) is 16.0. The van der Waals surface area contributed by atoms with Crippen LogP contribution in [0.2, 0.25) is 0 Å². The van der Waals surface area contributed by atoms with Crippen LogP contribution in [0.1, 0.15) is 0 Å². The summed E-state index contributed by atoms with van der Waals surface area (Å²) in [7, 11) is 0. The highest BCUT2D eigenvalue weighted by Gasteiger charge is 2.18. The monoisotopic (exact) mass is 364 g/mol. The highest BCUT2D eigenvalue weighted by molar-refractivity contribution is 9.10. The first kappa shape index (κ1) is 14.1. The number of aromatic hydroxyl groups is 2. The van der Waals surface area contributed by atoms with E-state index in [9.17, 15) is 10.2 Å². The summed E-state index contributed by atoms with van der Waals surface area (Å²) in [4.78, 5) is 0. The van der Waals surface area contributed by atoms with Crippen LogP contribution in [0.15, 0.2) is 71.2 Å². The zero-order valence-corrected chi connectivity index (χ0v) is 13.7. The Balaban J connectivity index is 2.24. The topological polar surface area (TPSA) is 40.5 Å². The van der Waals surface area contributed by atoms with Crippen LogP contribution >= 0.6 is 15.9 Å². The molecule has 112 valence electrons. The van der Waals surface area contributed by atoms with Crippen LogP contribution < -0.4 is 0 Å². The molecule has 4 rings (SSSR count). The molecule has 4 aromatic carbocycles. The minimum Gasteiger partial charge on any atom is -0.507 e. The summed E-state index contributed by atoms with van der Waals surface area (Å²) >= 11 is 3.42. The van der Waals surface area contributed by atoms with Gasteiger partial charge in [-0.05, 0) is 49.6 Å². The highest BCUT2D eigenvalue weighted by Crippen LogP contribution is 2.47. The molecule has 0 fully saturated rings. The number of phenols is 2. The van der Waals surface area contributed by atoms with Gasteiger partial charge in [-0.2, -0.15) is 0 Å². The summed E-state index contributed by atoms with van der Waals surface area (Å²) in [5.41, 5.74) is 1.29. The van der Waals surface area contributed by atoms with Gasteiger partial charge >= 0.3 is 0 Å². The van der Waals surface area contributed by atoms with E-state index in [4.69, 9.17) is 0 Å². The fourth-order valence-corrected chi connectivity index (χ4v) is 3.52. The normalized spacial score (nSPS) is 11.2. The summed E-state index contributed by atoms with van der Waals surface area (Å²) in [5, 5.41) is 25.0. The van der Waals surface area contributed by atoms with Crippen LogP contribution in [0.25, 0.3) is 32.7 Å². The lowest BCUT2D eigenvalue weighted by Crippen LogP contribution is -1.87. The molecule has 0 atom stereocenters. The van der Waals surface area contributed by atoms with E-state index in [0.717, 1.165) is 21.5 Å². The molecule has 2 N–H and O–H groups in total. The summed E-state index contributed by atoms with van der Waals surface area (Å²) in [6.45, 7) is 0. The molecule has 0 saturated carbocycles. The van der Waals surface area contributed by atoms with Gasteiger partial charge in [0.1, 0.15) is 11.5 Å². The van der Waals surface area contributed by atoms with Crippen molar-refractivity contribution in [3.63, 3.8) is 0 Å². The quantitative estimate of drug-likeness (QED) is 0.445. The zero-order valence-electron chi connectivity index (χ0n) is 12.1. The summed E-state index contributed by atoms with van der Waals surface area (Å²) in [5.74, 6) is 0.289. The number of rotatable bonds is 1. The van der Waals surface area contributed by atoms with Gasteiger partial charge in [-0.15, -0.1) is 0 Å². The number of hydrogen-bond donors (Lipinski definition) is 2. The second-order valence-corrected chi connectivity index (χ2v) is 6.34. The van der Waals surface area contributed by atoms with Crippen molar-refractivity contribution in [1.82, 2.24) is 0 Å². The van der Waals surface area contributed by atoms with E-state index in [0.29, 0.717) is 15.6 Å². The standard InChI is InChI=1S/C20H13BrO2/c21-16-11-13-6-2-4-8-15(13)19(20(16)23)18-14-7-3-1-5-12(14)9-10-17(18)22/h1-11,22-23H. The Morgan fingerprint density at radius 1 is 0.652 bits per heavy atom. The van der Waals surface area contributed by atoms with Crippen LogP contribution in [-0.2, 0) is 0 Å². The fraction of sp³-hybridized carbons (Fsp3) is 0. The van der Waals surface area contributed by atoms with E-state index >= 15 is 0 Å². The van der Waals surface area contributed by atoms with Crippen LogP contribution in [0, 0.1) is 0 Å². The molecule has 0 radical (unpaired) electrons. The van der Waals surface area contributed by atoms with Crippen molar-refractivity contribution >= 4 is 37.5 Å². The molecule has 0 aliphatic rings. The first-order valence-electron chi connectivity index (χ1n) is 7.28. The molecule has 0 aliphatic heterocycles. The van der Waals surface area contributed by atoms with Gasteiger partial charge in [-0.1, -0.05) is 54.6 Å². The largest absolute Gasteiger partial charge is 0.507 e. The van der Waals surface area contributed by atoms with Crippen molar-refractivity contribution in [1.29, 1.82) is 0 Å². The third kappa shape index (κ3) is 2.16. The van der Waals surface area contributed by atoms with Crippen molar-refractivity contribution in [2.45, 2.75) is 0 Å². The summed E-state index contributed by atoms with van der Waals surface area (Å²) < 4.78 is 0.610. The van der Waals surface area contributed by atoms with Crippen molar-refractivity contribution < 1.29 is 10.2 Å². The summed E-state index contributed by atoms with van der Waals surface area (Å²) in [6, 6.07) is 21.1. The maximum absolute atomic E-state index is 10.7. The number of benzene rings is 4. The van der Waals surface area contributed by atoms with E-state index in [1.807, 2.05) is 60.7 Å². The van der Waals surface area contributed by atoms with Gasteiger partial charge in [0.2, 0.25) is 0 Å². The summed E-state index contributed by atoms with van der Waals surface area (Å²) in [6.07, 6.45) is 0. The lowest BCUT2D eigenvalue weighted by molar-refractivity contribution is 0.468. The van der Waals surface area contributed by atoms with Gasteiger partial charge in [0.15, 0.2) is 0 Å². The molecule has 2 nitrogen and oxygen atoms in total. The first-order chi connectivity index (χ1) is 11.2. The Morgan fingerprint density at radius 3 is 2.00 bits per heavy atom. The van der Waals surface area contributed by atoms with Crippen LogP contribution in [0.4, 0.5) is 0 Å². The van der Waals surface area contributed by atoms with Crippen molar-refractivity contribution in [2.75, 3.05) is 0 Å². The fourth-order valence-electron chi connectivity index (χ4n) is 3.08. The van der Waals surface area contributed by atoms with E-state index < -0.39 is 0 Å². The minimum atomic E-state index is 0.135. The Hall–Kier alpha value is -2.52. The predicted octanol–water partition coefficient (Wildman–Crippen LogP) is 5.83. The van der Waals surface area contributed by atoms with Crippen LogP contribution in [-0.4, -0.2) is 10.2 Å². The van der Waals surface area contributed by atoms with Gasteiger partial charge in [-0.3, -0.25) is 0 Å². The average molecular weight is 365 g/mol. The molecule has 0 amide bonds. The van der Waals surface area contributed by atoms with Crippen LogP contribution in [0.3, 0.4) is 0 Å². The first-order valence-corrected chi connectivity index (χ1v) is 8.07. The molecule has 0 aliphatic carbocycles. The molecule has 4 aromatic rings. The molecule has 0 bridgehead atoms. The predicted molar refractivity (Wildman–Crippen MR) is 97.9 cm³/mol. The highest BCUT2D eigenvalue weighted by atomic mass is 79.9. The molecule has 0 spiro atoms. The molecular weight excluding hydrogens is 352 g/mol. The molecule has 0 saturated heterocycles. The van der Waals surface area contributed by atoms with Gasteiger partial charge in [0.25, 0.3) is 0 Å². The van der Waals surface area contributed by atoms with Gasteiger partial charge < -0.3 is 10.2 Å². The maximum Gasteiger partial charge on any atom is 0.138 e. The van der Waals surface area contributed by atoms with Crippen molar-refractivity contribution in [3.8, 4) is 22.6 Å². The second-order valence-electron chi connectivity index (χ2n) is 5.48. The van der Waals surface area contributed by atoms with Crippen molar-refractivity contribution in [3.05, 3.63) is 71.2 Å².